The molecule has 2 heterocycles. The Morgan fingerprint density at radius 3 is 2.21 bits per heavy atom. The summed E-state index contributed by atoms with van der Waals surface area (Å²) in [5, 5.41) is 4.12. The van der Waals surface area contributed by atoms with Gasteiger partial charge in [-0.25, -0.2) is 19.5 Å². The van der Waals surface area contributed by atoms with E-state index in [9.17, 15) is 9.59 Å². The van der Waals surface area contributed by atoms with Crippen LogP contribution in [0.2, 0.25) is 10.3 Å². The van der Waals surface area contributed by atoms with E-state index in [-0.39, 0.29) is 21.9 Å². The van der Waals surface area contributed by atoms with Crippen molar-refractivity contribution in [1.82, 2.24) is 19.7 Å². The third-order valence-corrected chi connectivity index (χ3v) is 3.60. The van der Waals surface area contributed by atoms with E-state index in [0.717, 1.165) is 9.58 Å². The van der Waals surface area contributed by atoms with Crippen LogP contribution in [0, 0.1) is 6.92 Å². The molecule has 0 aliphatic rings. The second kappa shape index (κ2) is 8.16. The van der Waals surface area contributed by atoms with Crippen LogP contribution in [0.15, 0.2) is 12.3 Å². The van der Waals surface area contributed by atoms with Gasteiger partial charge in [0.25, 0.3) is 0 Å². The lowest BCUT2D eigenvalue weighted by Crippen LogP contribution is -2.35. The van der Waals surface area contributed by atoms with Gasteiger partial charge in [0.2, 0.25) is 5.28 Å². The van der Waals surface area contributed by atoms with E-state index in [2.05, 4.69) is 15.1 Å². The van der Waals surface area contributed by atoms with E-state index in [4.69, 9.17) is 32.7 Å². The van der Waals surface area contributed by atoms with Crippen LogP contribution >= 0.6 is 23.2 Å². The molecule has 0 atom stereocenters. The monoisotopic (exact) mass is 443 g/mol. The minimum Gasteiger partial charge on any atom is -0.443 e. The second-order valence-corrected chi connectivity index (χ2v) is 8.91. The van der Waals surface area contributed by atoms with Gasteiger partial charge >= 0.3 is 12.2 Å². The van der Waals surface area contributed by atoms with Crippen LogP contribution in [0.5, 0.6) is 0 Å². The summed E-state index contributed by atoms with van der Waals surface area (Å²) in [6.45, 7) is 12.0. The highest BCUT2D eigenvalue weighted by atomic mass is 35.5. The molecule has 2 aromatic heterocycles. The standard InChI is InChI=1S/C18H23Cl2N5O4/c1-10-8-12(23-25(10)16(27)29-18(5,6)7)24(15(26)28-17(2,3)4)13-11(19)9-21-14(20)22-13/h8-9H,1-7H3. The molecule has 0 spiro atoms. The number of rotatable bonds is 2. The molecule has 9 nitrogen and oxygen atoms in total. The molecule has 0 fully saturated rings. The van der Waals surface area contributed by atoms with Gasteiger partial charge in [0.05, 0.1) is 11.9 Å². The molecule has 29 heavy (non-hydrogen) atoms. The van der Waals surface area contributed by atoms with Gasteiger partial charge in [0, 0.05) is 6.07 Å². The first-order valence-corrected chi connectivity index (χ1v) is 9.45. The second-order valence-electron chi connectivity index (χ2n) is 8.16. The SMILES string of the molecule is Cc1cc(N(C(=O)OC(C)(C)C)c2nc(Cl)ncc2Cl)nn1C(=O)OC(C)(C)C. The first-order chi connectivity index (χ1) is 13.2. The van der Waals surface area contributed by atoms with Crippen molar-refractivity contribution in [2.75, 3.05) is 4.90 Å². The number of halogens is 2. The fourth-order valence-corrected chi connectivity index (χ4v) is 2.45. The van der Waals surface area contributed by atoms with Crippen LogP contribution in [0.3, 0.4) is 0 Å². The van der Waals surface area contributed by atoms with Gasteiger partial charge in [-0.05, 0) is 60.1 Å². The molecule has 0 radical (unpaired) electrons. The predicted octanol–water partition coefficient (Wildman–Crippen LogP) is 5.14. The average Bonchev–Trinajstić information content (AvgIpc) is 2.89. The summed E-state index contributed by atoms with van der Waals surface area (Å²) < 4.78 is 11.8. The molecule has 158 valence electrons. The van der Waals surface area contributed by atoms with Gasteiger partial charge < -0.3 is 9.47 Å². The third kappa shape index (κ3) is 6.04. The summed E-state index contributed by atoms with van der Waals surface area (Å²) >= 11 is 12.1. The number of aryl methyl sites for hydroxylation is 1. The van der Waals surface area contributed by atoms with Gasteiger partial charge in [0.1, 0.15) is 16.2 Å². The Hall–Kier alpha value is -2.39. The Bertz CT molecular complexity index is 931. The summed E-state index contributed by atoms with van der Waals surface area (Å²) in [4.78, 5) is 34.2. The smallest absolute Gasteiger partial charge is 0.435 e. The van der Waals surface area contributed by atoms with Crippen molar-refractivity contribution in [3.8, 4) is 0 Å². The number of hydrogen-bond donors (Lipinski definition) is 0. The quantitative estimate of drug-likeness (QED) is 0.591. The molecule has 0 saturated heterocycles. The molecule has 0 unspecified atom stereocenters. The van der Waals surface area contributed by atoms with Crippen LogP contribution in [0.1, 0.15) is 47.2 Å². The van der Waals surface area contributed by atoms with E-state index in [1.165, 1.54) is 12.3 Å². The van der Waals surface area contributed by atoms with Gasteiger partial charge in [-0.1, -0.05) is 11.6 Å². The van der Waals surface area contributed by atoms with Crippen LogP contribution in [0.25, 0.3) is 0 Å². The molecule has 0 aromatic carbocycles. The first-order valence-electron chi connectivity index (χ1n) is 8.69. The zero-order valence-electron chi connectivity index (χ0n) is 17.3. The molecule has 0 aliphatic heterocycles. The van der Waals surface area contributed by atoms with Crippen molar-refractivity contribution < 1.29 is 19.1 Å². The predicted molar refractivity (Wildman–Crippen MR) is 109 cm³/mol. The number of nitrogens with zero attached hydrogens (tertiary/aromatic N) is 5. The third-order valence-electron chi connectivity index (χ3n) is 3.15. The Kier molecular flexibility index (Phi) is 6.44. The molecule has 11 heteroatoms. The molecule has 2 aromatic rings. The lowest BCUT2D eigenvalue weighted by Gasteiger charge is -2.25. The van der Waals surface area contributed by atoms with Gasteiger partial charge in [-0.3, -0.25) is 0 Å². The maximum Gasteiger partial charge on any atom is 0.435 e. The Balaban J connectivity index is 2.55. The number of carbonyl (C=O) groups excluding carboxylic acids is 2. The summed E-state index contributed by atoms with van der Waals surface area (Å²) in [6.07, 6.45) is -0.249. The number of anilines is 2. The lowest BCUT2D eigenvalue weighted by atomic mass is 10.2. The van der Waals surface area contributed by atoms with Crippen molar-refractivity contribution >= 4 is 47.0 Å². The fraction of sp³-hybridized carbons (Fsp3) is 0.500. The fourth-order valence-electron chi connectivity index (χ4n) is 2.15. The van der Waals surface area contributed by atoms with Crippen LogP contribution in [0.4, 0.5) is 21.2 Å². The lowest BCUT2D eigenvalue weighted by molar-refractivity contribution is 0.0506. The van der Waals surface area contributed by atoms with E-state index in [1.807, 2.05) is 0 Å². The first kappa shape index (κ1) is 22.9. The maximum absolute atomic E-state index is 12.9. The highest BCUT2D eigenvalue weighted by molar-refractivity contribution is 6.34. The topological polar surface area (TPSA) is 99.4 Å². The number of ether oxygens (including phenoxy) is 2. The van der Waals surface area contributed by atoms with Gasteiger partial charge in [-0.15, -0.1) is 5.10 Å². The van der Waals surface area contributed by atoms with E-state index in [1.54, 1.807) is 48.5 Å². The molecule has 0 N–H and O–H groups in total. The molecule has 1 amide bonds. The highest BCUT2D eigenvalue weighted by Gasteiger charge is 2.31. The Morgan fingerprint density at radius 1 is 1.07 bits per heavy atom. The highest BCUT2D eigenvalue weighted by Crippen LogP contribution is 2.32. The summed E-state index contributed by atoms with van der Waals surface area (Å²) in [5.41, 5.74) is -1.09. The molecular weight excluding hydrogens is 421 g/mol. The zero-order chi connectivity index (χ0) is 22.1. The van der Waals surface area contributed by atoms with Crippen LogP contribution in [-0.2, 0) is 9.47 Å². The summed E-state index contributed by atoms with van der Waals surface area (Å²) in [7, 11) is 0. The van der Waals surface area contributed by atoms with Gasteiger partial charge in [-0.2, -0.15) is 9.67 Å². The summed E-state index contributed by atoms with van der Waals surface area (Å²) in [5.74, 6) is 0.0223. The Morgan fingerprint density at radius 2 is 1.66 bits per heavy atom. The van der Waals surface area contributed by atoms with Crippen molar-refractivity contribution in [3.63, 3.8) is 0 Å². The van der Waals surface area contributed by atoms with Crippen molar-refractivity contribution in [1.29, 1.82) is 0 Å². The van der Waals surface area contributed by atoms with Gasteiger partial charge in [0.15, 0.2) is 11.6 Å². The zero-order valence-corrected chi connectivity index (χ0v) is 18.8. The minimum atomic E-state index is -0.804. The normalized spacial score (nSPS) is 11.9. The van der Waals surface area contributed by atoms with E-state index < -0.39 is 23.4 Å². The van der Waals surface area contributed by atoms with E-state index >= 15 is 0 Å². The summed E-state index contributed by atoms with van der Waals surface area (Å²) in [6, 6.07) is 1.50. The number of aromatic nitrogens is 4. The maximum atomic E-state index is 12.9. The molecule has 0 aliphatic carbocycles. The number of hydrogen-bond acceptors (Lipinski definition) is 7. The molecule has 0 saturated carbocycles. The van der Waals surface area contributed by atoms with Crippen molar-refractivity contribution in [2.24, 2.45) is 0 Å². The average molecular weight is 444 g/mol. The van der Waals surface area contributed by atoms with E-state index in [0.29, 0.717) is 5.69 Å². The van der Waals surface area contributed by atoms with Crippen LogP contribution < -0.4 is 4.90 Å². The Labute approximate surface area is 178 Å². The molecular formula is C18H23Cl2N5O4. The van der Waals surface area contributed by atoms with Crippen molar-refractivity contribution in [2.45, 2.75) is 59.7 Å². The molecule has 0 bridgehead atoms. The minimum absolute atomic E-state index is 0.0326. The number of carbonyl (C=O) groups is 2. The van der Waals surface area contributed by atoms with Crippen molar-refractivity contribution in [3.05, 3.63) is 28.3 Å². The van der Waals surface area contributed by atoms with Crippen LogP contribution in [-0.4, -0.2) is 43.1 Å². The molecule has 2 rings (SSSR count). The largest absolute Gasteiger partial charge is 0.443 e. The number of amides is 1.